The third-order valence-electron chi connectivity index (χ3n) is 2.95. The minimum absolute atomic E-state index is 0.186. The molecule has 1 aromatic heterocycles. The van der Waals surface area contributed by atoms with Crippen LogP contribution in [0.25, 0.3) is 0 Å². The van der Waals surface area contributed by atoms with Crippen molar-refractivity contribution in [3.8, 4) is 0 Å². The van der Waals surface area contributed by atoms with Crippen LogP contribution in [0.3, 0.4) is 0 Å². The van der Waals surface area contributed by atoms with Gasteiger partial charge in [-0.05, 0) is 12.3 Å². The van der Waals surface area contributed by atoms with E-state index in [0.717, 1.165) is 12.8 Å². The molecule has 4 nitrogen and oxygen atoms in total. The summed E-state index contributed by atoms with van der Waals surface area (Å²) in [6, 6.07) is 0. The number of carbonyl (C=O) groups is 1. The number of hydrogen-bond donors (Lipinski definition) is 1. The summed E-state index contributed by atoms with van der Waals surface area (Å²) in [5, 5.41) is 3.19. The first-order valence-electron chi connectivity index (χ1n) is 6.43. The molecule has 18 heavy (non-hydrogen) atoms. The van der Waals surface area contributed by atoms with E-state index in [-0.39, 0.29) is 5.91 Å². The van der Waals surface area contributed by atoms with E-state index >= 15 is 0 Å². The summed E-state index contributed by atoms with van der Waals surface area (Å²) in [6.07, 6.45) is 7.39. The van der Waals surface area contributed by atoms with Gasteiger partial charge < -0.3 is 5.32 Å². The molecule has 1 unspecified atom stereocenters. The van der Waals surface area contributed by atoms with Gasteiger partial charge in [0.15, 0.2) is 0 Å². The largest absolute Gasteiger partial charge is 0.350 e. The van der Waals surface area contributed by atoms with Gasteiger partial charge in [0.25, 0.3) is 5.91 Å². The standard InChI is InChI=1S/C13H20ClN3O/c1-3-5-6-10(4-2)7-17-13(18)11-8-16-12(14)9-15-11/h8-10H,3-7H2,1-2H3,(H,17,18). The Hall–Kier alpha value is -1.16. The Bertz CT molecular complexity index is 367. The Morgan fingerprint density at radius 3 is 2.72 bits per heavy atom. The van der Waals surface area contributed by atoms with Crippen LogP contribution in [0.15, 0.2) is 12.4 Å². The van der Waals surface area contributed by atoms with Crippen LogP contribution in [0.5, 0.6) is 0 Å². The molecule has 0 aromatic carbocycles. The van der Waals surface area contributed by atoms with Crippen LogP contribution in [-0.4, -0.2) is 22.4 Å². The van der Waals surface area contributed by atoms with Gasteiger partial charge in [-0.2, -0.15) is 0 Å². The average molecular weight is 270 g/mol. The number of nitrogens with zero attached hydrogens (tertiary/aromatic N) is 2. The molecule has 0 radical (unpaired) electrons. The molecule has 5 heteroatoms. The fourth-order valence-electron chi connectivity index (χ4n) is 1.70. The summed E-state index contributed by atoms with van der Waals surface area (Å²) in [7, 11) is 0. The van der Waals surface area contributed by atoms with E-state index in [4.69, 9.17) is 11.6 Å². The molecule has 1 atom stereocenters. The van der Waals surface area contributed by atoms with Crippen molar-refractivity contribution in [1.29, 1.82) is 0 Å². The topological polar surface area (TPSA) is 54.9 Å². The van der Waals surface area contributed by atoms with Crippen LogP contribution < -0.4 is 5.32 Å². The molecule has 0 spiro atoms. The zero-order valence-corrected chi connectivity index (χ0v) is 11.7. The molecular formula is C13H20ClN3O. The molecule has 0 saturated carbocycles. The fraction of sp³-hybridized carbons (Fsp3) is 0.615. The lowest BCUT2D eigenvalue weighted by atomic mass is 9.99. The summed E-state index contributed by atoms with van der Waals surface area (Å²) in [5.41, 5.74) is 0.310. The molecule has 1 aromatic rings. The molecule has 0 saturated heterocycles. The van der Waals surface area contributed by atoms with Gasteiger partial charge in [0.2, 0.25) is 0 Å². The highest BCUT2D eigenvalue weighted by Crippen LogP contribution is 2.11. The number of rotatable bonds is 7. The fourth-order valence-corrected chi connectivity index (χ4v) is 1.80. The average Bonchev–Trinajstić information content (AvgIpc) is 2.39. The molecule has 1 amide bonds. The molecule has 1 rings (SSSR count). The first-order chi connectivity index (χ1) is 8.67. The van der Waals surface area contributed by atoms with Crippen molar-refractivity contribution in [2.45, 2.75) is 39.5 Å². The lowest BCUT2D eigenvalue weighted by molar-refractivity contribution is 0.0940. The third kappa shape index (κ3) is 5.00. The van der Waals surface area contributed by atoms with E-state index in [2.05, 4.69) is 29.1 Å². The molecule has 1 heterocycles. The lowest BCUT2D eigenvalue weighted by Gasteiger charge is -2.14. The van der Waals surface area contributed by atoms with E-state index in [0.29, 0.717) is 23.3 Å². The smallest absolute Gasteiger partial charge is 0.271 e. The second kappa shape index (κ2) is 8.03. The van der Waals surface area contributed by atoms with E-state index in [1.807, 2.05) is 0 Å². The minimum atomic E-state index is -0.186. The van der Waals surface area contributed by atoms with Gasteiger partial charge in [-0.25, -0.2) is 9.97 Å². The normalized spacial score (nSPS) is 12.2. The number of hydrogen-bond acceptors (Lipinski definition) is 3. The number of nitrogens with one attached hydrogen (secondary N) is 1. The first-order valence-corrected chi connectivity index (χ1v) is 6.80. The highest BCUT2D eigenvalue weighted by atomic mass is 35.5. The van der Waals surface area contributed by atoms with E-state index in [1.165, 1.54) is 25.2 Å². The van der Waals surface area contributed by atoms with Crippen molar-refractivity contribution in [2.75, 3.05) is 6.54 Å². The molecular weight excluding hydrogens is 250 g/mol. The van der Waals surface area contributed by atoms with Crippen molar-refractivity contribution in [1.82, 2.24) is 15.3 Å². The van der Waals surface area contributed by atoms with Crippen LogP contribution in [0.2, 0.25) is 5.15 Å². The number of unbranched alkanes of at least 4 members (excludes halogenated alkanes) is 1. The quantitative estimate of drug-likeness (QED) is 0.828. The highest BCUT2D eigenvalue weighted by molar-refractivity contribution is 6.29. The van der Waals surface area contributed by atoms with E-state index in [9.17, 15) is 4.79 Å². The third-order valence-corrected chi connectivity index (χ3v) is 3.14. The number of aromatic nitrogens is 2. The summed E-state index contributed by atoms with van der Waals surface area (Å²) < 4.78 is 0. The Morgan fingerprint density at radius 1 is 1.39 bits per heavy atom. The summed E-state index contributed by atoms with van der Waals surface area (Å²) in [6.45, 7) is 5.02. The van der Waals surface area contributed by atoms with Crippen LogP contribution in [0.4, 0.5) is 0 Å². The maximum atomic E-state index is 11.8. The van der Waals surface area contributed by atoms with Gasteiger partial charge in [-0.15, -0.1) is 0 Å². The SMILES string of the molecule is CCCCC(CC)CNC(=O)c1cnc(Cl)cn1. The summed E-state index contributed by atoms with van der Waals surface area (Å²) in [4.78, 5) is 19.6. The van der Waals surface area contributed by atoms with Crippen molar-refractivity contribution < 1.29 is 4.79 Å². The highest BCUT2D eigenvalue weighted by Gasteiger charge is 2.11. The molecule has 0 aliphatic heterocycles. The lowest BCUT2D eigenvalue weighted by Crippen LogP contribution is -2.29. The Kier molecular flexibility index (Phi) is 6.65. The Morgan fingerprint density at radius 2 is 2.17 bits per heavy atom. The number of amides is 1. The molecule has 100 valence electrons. The minimum Gasteiger partial charge on any atom is -0.350 e. The van der Waals surface area contributed by atoms with Gasteiger partial charge in [0, 0.05) is 6.54 Å². The van der Waals surface area contributed by atoms with Crippen LogP contribution in [-0.2, 0) is 0 Å². The van der Waals surface area contributed by atoms with E-state index in [1.54, 1.807) is 0 Å². The van der Waals surface area contributed by atoms with Crippen molar-refractivity contribution in [3.63, 3.8) is 0 Å². The maximum absolute atomic E-state index is 11.8. The van der Waals surface area contributed by atoms with Crippen LogP contribution in [0, 0.1) is 5.92 Å². The zero-order chi connectivity index (χ0) is 13.4. The van der Waals surface area contributed by atoms with Gasteiger partial charge >= 0.3 is 0 Å². The predicted molar refractivity (Wildman–Crippen MR) is 72.7 cm³/mol. The van der Waals surface area contributed by atoms with Gasteiger partial charge in [-0.3, -0.25) is 4.79 Å². The molecule has 0 bridgehead atoms. The van der Waals surface area contributed by atoms with Crippen LogP contribution >= 0.6 is 11.6 Å². The van der Waals surface area contributed by atoms with Crippen molar-refractivity contribution >= 4 is 17.5 Å². The Labute approximate surface area is 113 Å². The summed E-state index contributed by atoms with van der Waals surface area (Å²) in [5.74, 6) is 0.350. The molecule has 0 aliphatic rings. The Balaban J connectivity index is 2.42. The van der Waals surface area contributed by atoms with E-state index < -0.39 is 0 Å². The van der Waals surface area contributed by atoms with Crippen molar-refractivity contribution in [2.24, 2.45) is 5.92 Å². The maximum Gasteiger partial charge on any atom is 0.271 e. The van der Waals surface area contributed by atoms with Gasteiger partial charge in [0.1, 0.15) is 10.8 Å². The molecule has 0 fully saturated rings. The second-order valence-corrected chi connectivity index (χ2v) is 4.74. The number of halogens is 1. The van der Waals surface area contributed by atoms with Gasteiger partial charge in [-0.1, -0.05) is 44.7 Å². The predicted octanol–water partition coefficient (Wildman–Crippen LogP) is 3.08. The molecule has 1 N–H and O–H groups in total. The van der Waals surface area contributed by atoms with Crippen LogP contribution in [0.1, 0.15) is 50.0 Å². The first kappa shape index (κ1) is 14.9. The second-order valence-electron chi connectivity index (χ2n) is 4.35. The zero-order valence-electron chi connectivity index (χ0n) is 10.9. The monoisotopic (exact) mass is 269 g/mol. The van der Waals surface area contributed by atoms with Crippen molar-refractivity contribution in [3.05, 3.63) is 23.2 Å². The van der Waals surface area contributed by atoms with Gasteiger partial charge in [0.05, 0.1) is 12.4 Å². The summed E-state index contributed by atoms with van der Waals surface area (Å²) >= 11 is 5.62. The number of carbonyl (C=O) groups excluding carboxylic acids is 1. The molecule has 0 aliphatic carbocycles.